The number of halogens is 3. The van der Waals surface area contributed by atoms with Gasteiger partial charge in [-0.05, 0) is 76.1 Å². The number of nitrogens with zero attached hydrogens (tertiary/aromatic N) is 1. The van der Waals surface area contributed by atoms with Gasteiger partial charge in [0.2, 0.25) is 5.90 Å². The Labute approximate surface area is 231 Å². The third-order valence-corrected chi connectivity index (χ3v) is 6.19. The molecule has 218 valence electrons. The molecule has 2 atom stereocenters. The molecule has 1 aliphatic rings. The highest BCUT2D eigenvalue weighted by Gasteiger charge is 2.50. The molecule has 2 aromatic carbocycles. The van der Waals surface area contributed by atoms with E-state index in [2.05, 4.69) is 10.3 Å². The van der Waals surface area contributed by atoms with Gasteiger partial charge in [0.1, 0.15) is 17.5 Å². The Balaban J connectivity index is 1.81. The average Bonchev–Trinajstić information content (AvgIpc) is 3.22. The molecule has 0 radical (unpaired) electrons. The lowest BCUT2D eigenvalue weighted by Gasteiger charge is -2.28. The first-order chi connectivity index (χ1) is 18.7. The molecule has 8 nitrogen and oxygen atoms in total. The van der Waals surface area contributed by atoms with Gasteiger partial charge in [-0.15, -0.1) is 0 Å². The number of aliphatic hydroxyl groups is 1. The van der Waals surface area contributed by atoms with Crippen molar-refractivity contribution in [2.75, 3.05) is 13.2 Å². The Morgan fingerprint density at radius 2 is 1.73 bits per heavy atom. The Morgan fingerprint density at radius 1 is 1.07 bits per heavy atom. The lowest BCUT2D eigenvalue weighted by Crippen LogP contribution is -2.51. The first kappa shape index (κ1) is 30.9. The molecule has 0 unspecified atom stereocenters. The average molecular weight is 565 g/mol. The lowest BCUT2D eigenvalue weighted by molar-refractivity contribution is -0.155. The second-order valence-electron chi connectivity index (χ2n) is 10.5. The van der Waals surface area contributed by atoms with Gasteiger partial charge < -0.3 is 24.6 Å². The maximum absolute atomic E-state index is 13.6. The van der Waals surface area contributed by atoms with Gasteiger partial charge in [-0.25, -0.2) is 4.99 Å². The van der Waals surface area contributed by atoms with Crippen LogP contribution in [0.2, 0.25) is 0 Å². The number of amides is 1. The topological polar surface area (TPSA) is 106 Å². The molecule has 0 saturated carbocycles. The number of hydrogen-bond acceptors (Lipinski definition) is 7. The summed E-state index contributed by atoms with van der Waals surface area (Å²) in [5, 5.41) is 11.7. The van der Waals surface area contributed by atoms with E-state index in [0.29, 0.717) is 29.9 Å². The molecule has 0 fully saturated rings. The number of benzene rings is 2. The van der Waals surface area contributed by atoms with Crippen molar-refractivity contribution < 1.29 is 42.1 Å². The number of aliphatic imine (C=N–C) groups is 1. The molecule has 2 N–H and O–H groups in total. The molecule has 1 amide bonds. The van der Waals surface area contributed by atoms with Crippen LogP contribution in [0.15, 0.2) is 53.5 Å². The van der Waals surface area contributed by atoms with E-state index in [4.69, 9.17) is 19.3 Å². The predicted octanol–water partition coefficient (Wildman–Crippen LogP) is 4.81. The highest BCUT2D eigenvalue weighted by molar-refractivity contribution is 6.00. The van der Waals surface area contributed by atoms with Crippen molar-refractivity contribution in [3.63, 3.8) is 0 Å². The number of esters is 1. The maximum atomic E-state index is 13.6. The monoisotopic (exact) mass is 564 g/mol. The summed E-state index contributed by atoms with van der Waals surface area (Å²) in [6.07, 6.45) is -4.82. The van der Waals surface area contributed by atoms with Crippen molar-refractivity contribution in [2.24, 2.45) is 4.99 Å². The van der Waals surface area contributed by atoms with Crippen LogP contribution < -0.4 is 10.1 Å². The number of rotatable bonds is 11. The van der Waals surface area contributed by atoms with Crippen LogP contribution in [0, 0.1) is 0 Å². The van der Waals surface area contributed by atoms with Gasteiger partial charge in [-0.3, -0.25) is 9.59 Å². The van der Waals surface area contributed by atoms with E-state index in [1.165, 1.54) is 12.1 Å². The SMILES string of the molecule is C[C@H]1OC(c2ccc(OCCCO)cc2)=N[C@@]1(CCC(=O)OC(C)(C)C)C(=O)NCc1ccc(C(F)(F)F)cc1. The van der Waals surface area contributed by atoms with Gasteiger partial charge in [0, 0.05) is 31.6 Å². The summed E-state index contributed by atoms with van der Waals surface area (Å²) in [4.78, 5) is 30.7. The van der Waals surface area contributed by atoms with Gasteiger partial charge in [-0.2, -0.15) is 13.2 Å². The summed E-state index contributed by atoms with van der Waals surface area (Å²) in [5.41, 5.74) is -1.91. The second-order valence-corrected chi connectivity index (χ2v) is 10.5. The molecular formula is C29H35F3N2O6. The molecule has 2 aromatic rings. The van der Waals surface area contributed by atoms with Crippen molar-refractivity contribution in [3.8, 4) is 5.75 Å². The van der Waals surface area contributed by atoms with Crippen molar-refractivity contribution in [1.29, 1.82) is 0 Å². The number of hydrogen-bond donors (Lipinski definition) is 2. The standard InChI is InChI=1S/C29H35F3N2O6/c1-19-28(15-14-24(36)40-27(2,3)4,26(37)33-18-20-6-10-22(11-7-20)29(30,31)32)34-25(39-19)21-8-12-23(13-9-21)38-17-5-16-35/h6-13,19,35H,5,14-18H2,1-4H3,(H,33,37)/t19-,28-/m1/s1. The van der Waals surface area contributed by atoms with E-state index in [1.54, 1.807) is 52.0 Å². The minimum atomic E-state index is -4.46. The maximum Gasteiger partial charge on any atom is 0.416 e. The van der Waals surface area contributed by atoms with E-state index >= 15 is 0 Å². The van der Waals surface area contributed by atoms with Crippen LogP contribution in [0.3, 0.4) is 0 Å². The van der Waals surface area contributed by atoms with Crippen LogP contribution >= 0.6 is 0 Å². The first-order valence-electron chi connectivity index (χ1n) is 13.0. The first-order valence-corrected chi connectivity index (χ1v) is 13.0. The van der Waals surface area contributed by atoms with E-state index in [-0.39, 0.29) is 31.9 Å². The van der Waals surface area contributed by atoms with Crippen molar-refractivity contribution in [2.45, 2.75) is 76.9 Å². The number of alkyl halides is 3. The fraction of sp³-hybridized carbons (Fsp3) is 0.483. The summed E-state index contributed by atoms with van der Waals surface area (Å²) in [6.45, 7) is 7.24. The Bertz CT molecular complexity index is 1190. The molecule has 40 heavy (non-hydrogen) atoms. The van der Waals surface area contributed by atoms with E-state index in [1.807, 2.05) is 0 Å². The molecule has 0 bridgehead atoms. The van der Waals surface area contributed by atoms with Crippen LogP contribution in [0.5, 0.6) is 5.75 Å². The molecule has 0 aliphatic carbocycles. The van der Waals surface area contributed by atoms with Crippen molar-refractivity contribution >= 4 is 17.8 Å². The fourth-order valence-corrected chi connectivity index (χ4v) is 4.08. The highest BCUT2D eigenvalue weighted by Crippen LogP contribution is 2.34. The van der Waals surface area contributed by atoms with Crippen LogP contribution in [-0.4, -0.2) is 53.3 Å². The van der Waals surface area contributed by atoms with Gasteiger partial charge in [-0.1, -0.05) is 12.1 Å². The van der Waals surface area contributed by atoms with E-state index in [9.17, 15) is 22.8 Å². The fourth-order valence-electron chi connectivity index (χ4n) is 4.08. The number of carbonyl (C=O) groups excluding carboxylic acids is 2. The van der Waals surface area contributed by atoms with Crippen LogP contribution in [0.4, 0.5) is 13.2 Å². The van der Waals surface area contributed by atoms with Gasteiger partial charge in [0.05, 0.1) is 12.2 Å². The summed E-state index contributed by atoms with van der Waals surface area (Å²) < 4.78 is 55.7. The zero-order valence-corrected chi connectivity index (χ0v) is 23.0. The zero-order valence-electron chi connectivity index (χ0n) is 23.0. The lowest BCUT2D eigenvalue weighted by atomic mass is 9.87. The number of carbonyl (C=O) groups is 2. The molecule has 11 heteroatoms. The minimum absolute atomic E-state index is 0.00617. The summed E-state index contributed by atoms with van der Waals surface area (Å²) >= 11 is 0. The molecule has 0 saturated heterocycles. The normalized spacial score (nSPS) is 19.0. The molecule has 1 aliphatic heterocycles. The summed E-state index contributed by atoms with van der Waals surface area (Å²) in [5.74, 6) is -0.220. The van der Waals surface area contributed by atoms with Crippen molar-refractivity contribution in [3.05, 3.63) is 65.2 Å². The molecule has 0 spiro atoms. The van der Waals surface area contributed by atoms with Crippen molar-refractivity contribution in [1.82, 2.24) is 5.32 Å². The van der Waals surface area contributed by atoms with Crippen LogP contribution in [0.25, 0.3) is 0 Å². The predicted molar refractivity (Wildman–Crippen MR) is 142 cm³/mol. The largest absolute Gasteiger partial charge is 0.494 e. The number of nitrogens with one attached hydrogen (secondary N) is 1. The van der Waals surface area contributed by atoms with Gasteiger partial charge in [0.25, 0.3) is 5.91 Å². The zero-order chi connectivity index (χ0) is 29.6. The van der Waals surface area contributed by atoms with Gasteiger partial charge >= 0.3 is 12.1 Å². The second kappa shape index (κ2) is 12.7. The minimum Gasteiger partial charge on any atom is -0.494 e. The highest BCUT2D eigenvalue weighted by atomic mass is 19.4. The third-order valence-electron chi connectivity index (χ3n) is 6.19. The summed E-state index contributed by atoms with van der Waals surface area (Å²) in [6, 6.07) is 11.4. The van der Waals surface area contributed by atoms with E-state index in [0.717, 1.165) is 12.1 Å². The van der Waals surface area contributed by atoms with Crippen LogP contribution in [0.1, 0.15) is 63.6 Å². The number of ether oxygens (including phenoxy) is 3. The Kier molecular flexibility index (Phi) is 9.83. The molecular weight excluding hydrogens is 529 g/mol. The van der Waals surface area contributed by atoms with Crippen LogP contribution in [-0.2, 0) is 31.8 Å². The quantitative estimate of drug-likeness (QED) is 0.300. The van der Waals surface area contributed by atoms with Gasteiger partial charge in [0.15, 0.2) is 5.54 Å². The van der Waals surface area contributed by atoms with E-state index < -0.39 is 40.9 Å². The number of aliphatic hydroxyl groups excluding tert-OH is 1. The smallest absolute Gasteiger partial charge is 0.416 e. The molecule has 0 aromatic heterocycles. The molecule has 3 rings (SSSR count). The Hall–Kier alpha value is -3.60. The summed E-state index contributed by atoms with van der Waals surface area (Å²) in [7, 11) is 0. The Morgan fingerprint density at radius 3 is 2.30 bits per heavy atom. The third kappa shape index (κ3) is 8.20. The molecule has 1 heterocycles.